The summed E-state index contributed by atoms with van der Waals surface area (Å²) < 4.78 is 22.6. The number of rotatable bonds is 10. The molecule has 1 fully saturated rings. The lowest BCUT2D eigenvalue weighted by Gasteiger charge is -2.31. The third-order valence-electron chi connectivity index (χ3n) is 3.04. The third-order valence-corrected chi connectivity index (χ3v) is 6.41. The van der Waals surface area contributed by atoms with Gasteiger partial charge in [-0.1, -0.05) is 0 Å². The maximum Gasteiger partial charge on any atom is 0.364 e. The average molecular weight is 262 g/mol. The van der Waals surface area contributed by atoms with Crippen LogP contribution in [0.15, 0.2) is 0 Å². The Labute approximate surface area is 106 Å². The highest BCUT2D eigenvalue weighted by atomic mass is 28.4. The van der Waals surface area contributed by atoms with Crippen LogP contribution in [0.1, 0.15) is 33.6 Å². The van der Waals surface area contributed by atoms with E-state index in [0.717, 1.165) is 26.1 Å². The lowest BCUT2D eigenvalue weighted by Crippen LogP contribution is -2.51. The molecule has 1 saturated heterocycles. The quantitative estimate of drug-likeness (QED) is 0.344. The zero-order valence-electron chi connectivity index (χ0n) is 11.5. The molecule has 0 spiro atoms. The molecule has 1 aliphatic heterocycles. The molecule has 2 atom stereocenters. The second-order valence-corrected chi connectivity index (χ2v) is 7.91. The molecule has 0 aliphatic carbocycles. The van der Waals surface area contributed by atoms with Crippen molar-refractivity contribution in [1.82, 2.24) is 0 Å². The summed E-state index contributed by atoms with van der Waals surface area (Å²) in [4.78, 5) is 0. The predicted molar refractivity (Wildman–Crippen MR) is 69.3 cm³/mol. The first kappa shape index (κ1) is 15.1. The summed E-state index contributed by atoms with van der Waals surface area (Å²) in [5.41, 5.74) is 0.0718. The molecule has 2 unspecified atom stereocenters. The molecule has 0 N–H and O–H groups in total. The summed E-state index contributed by atoms with van der Waals surface area (Å²) in [6.45, 7) is 11.2. The Balaban J connectivity index is 2.22. The summed E-state index contributed by atoms with van der Waals surface area (Å²) in [6.07, 6.45) is 2.66. The summed E-state index contributed by atoms with van der Waals surface area (Å²) in [5.74, 6) is 0. The molecule has 4 nitrogen and oxygen atoms in total. The van der Waals surface area contributed by atoms with Crippen LogP contribution in [-0.2, 0) is 18.3 Å². The standard InChI is InChI=1S/C12H26O4Si/c1-5-15-17(4,16-6-2)11(3)13-9-7-8-12-10-14-12/h11-12H,5-10H2,1-4H3. The van der Waals surface area contributed by atoms with Gasteiger partial charge < -0.3 is 18.3 Å². The minimum absolute atomic E-state index is 0.0718. The van der Waals surface area contributed by atoms with E-state index in [-0.39, 0.29) is 5.73 Å². The SMILES string of the molecule is CCO[Si](C)(OCC)C(C)OCCCC1CO1. The molecule has 0 radical (unpaired) electrons. The van der Waals surface area contributed by atoms with Gasteiger partial charge in [-0.3, -0.25) is 0 Å². The normalized spacial score (nSPS) is 21.5. The predicted octanol–water partition coefficient (Wildman–Crippen LogP) is 2.25. The first-order valence-electron chi connectivity index (χ1n) is 6.63. The molecular formula is C12H26O4Si. The molecule has 0 aromatic rings. The lowest BCUT2D eigenvalue weighted by molar-refractivity contribution is 0.0558. The highest BCUT2D eigenvalue weighted by Crippen LogP contribution is 2.18. The van der Waals surface area contributed by atoms with E-state index in [9.17, 15) is 0 Å². The highest BCUT2D eigenvalue weighted by Gasteiger charge is 2.39. The van der Waals surface area contributed by atoms with Crippen LogP contribution in [0.2, 0.25) is 6.55 Å². The highest BCUT2D eigenvalue weighted by molar-refractivity contribution is 6.67. The van der Waals surface area contributed by atoms with Crippen molar-refractivity contribution >= 4 is 8.56 Å². The molecule has 1 aliphatic rings. The van der Waals surface area contributed by atoms with Crippen LogP contribution in [0.5, 0.6) is 0 Å². The fraction of sp³-hybridized carbons (Fsp3) is 1.00. The van der Waals surface area contributed by atoms with Gasteiger partial charge in [0.25, 0.3) is 0 Å². The molecule has 0 aromatic heterocycles. The smallest absolute Gasteiger partial charge is 0.364 e. The van der Waals surface area contributed by atoms with Gasteiger partial charge in [-0.25, -0.2) is 0 Å². The van der Waals surface area contributed by atoms with Crippen LogP contribution in [0.4, 0.5) is 0 Å². The lowest BCUT2D eigenvalue weighted by atomic mass is 10.3. The van der Waals surface area contributed by atoms with Gasteiger partial charge in [0.2, 0.25) is 0 Å². The molecule has 1 heterocycles. The van der Waals surface area contributed by atoms with Gasteiger partial charge in [0, 0.05) is 19.8 Å². The molecule has 0 saturated carbocycles. The molecule has 17 heavy (non-hydrogen) atoms. The van der Waals surface area contributed by atoms with Crippen molar-refractivity contribution in [2.24, 2.45) is 0 Å². The third kappa shape index (κ3) is 5.48. The summed E-state index contributed by atoms with van der Waals surface area (Å²) in [7, 11) is -2.17. The van der Waals surface area contributed by atoms with E-state index in [2.05, 4.69) is 13.5 Å². The van der Waals surface area contributed by atoms with Crippen LogP contribution >= 0.6 is 0 Å². The Morgan fingerprint density at radius 2 is 1.88 bits per heavy atom. The molecule has 5 heteroatoms. The van der Waals surface area contributed by atoms with Gasteiger partial charge >= 0.3 is 8.56 Å². The molecule has 0 bridgehead atoms. The second kappa shape index (κ2) is 7.48. The second-order valence-electron chi connectivity index (χ2n) is 4.49. The van der Waals surface area contributed by atoms with Crippen molar-refractivity contribution in [1.29, 1.82) is 0 Å². The van der Waals surface area contributed by atoms with Gasteiger partial charge in [0.1, 0.15) is 0 Å². The van der Waals surface area contributed by atoms with Crippen LogP contribution in [-0.4, -0.2) is 46.8 Å². The summed E-state index contributed by atoms with van der Waals surface area (Å²) >= 11 is 0. The summed E-state index contributed by atoms with van der Waals surface area (Å²) in [5, 5.41) is 0. The fourth-order valence-corrected chi connectivity index (χ4v) is 3.93. The Morgan fingerprint density at radius 1 is 1.29 bits per heavy atom. The van der Waals surface area contributed by atoms with Crippen molar-refractivity contribution in [2.45, 2.75) is 52.0 Å². The number of hydrogen-bond donors (Lipinski definition) is 0. The molecule has 102 valence electrons. The van der Waals surface area contributed by atoms with Crippen LogP contribution < -0.4 is 0 Å². The van der Waals surface area contributed by atoms with Gasteiger partial charge in [-0.15, -0.1) is 0 Å². The minimum Gasteiger partial charge on any atom is -0.393 e. The Morgan fingerprint density at radius 3 is 2.35 bits per heavy atom. The maximum absolute atomic E-state index is 5.85. The monoisotopic (exact) mass is 262 g/mol. The van der Waals surface area contributed by atoms with Crippen LogP contribution in [0, 0.1) is 0 Å². The molecule has 0 amide bonds. The zero-order valence-corrected chi connectivity index (χ0v) is 12.5. The molecular weight excluding hydrogens is 236 g/mol. The van der Waals surface area contributed by atoms with Gasteiger partial charge in [-0.2, -0.15) is 0 Å². The Bertz CT molecular complexity index is 203. The van der Waals surface area contributed by atoms with E-state index in [1.54, 1.807) is 0 Å². The van der Waals surface area contributed by atoms with Crippen molar-refractivity contribution < 1.29 is 18.3 Å². The Kier molecular flexibility index (Phi) is 6.65. The maximum atomic E-state index is 5.85. The topological polar surface area (TPSA) is 40.2 Å². The van der Waals surface area contributed by atoms with E-state index in [4.69, 9.17) is 18.3 Å². The van der Waals surface area contributed by atoms with E-state index < -0.39 is 8.56 Å². The van der Waals surface area contributed by atoms with Crippen molar-refractivity contribution in [3.05, 3.63) is 0 Å². The number of epoxide rings is 1. The molecule has 1 rings (SSSR count). The first-order valence-corrected chi connectivity index (χ1v) is 9.02. The molecule has 0 aromatic carbocycles. The summed E-state index contributed by atoms with van der Waals surface area (Å²) in [6, 6.07) is 0. The van der Waals surface area contributed by atoms with E-state index >= 15 is 0 Å². The van der Waals surface area contributed by atoms with Crippen LogP contribution in [0.25, 0.3) is 0 Å². The Hall–Kier alpha value is 0.0569. The fourth-order valence-electron chi connectivity index (χ4n) is 1.81. The van der Waals surface area contributed by atoms with Gasteiger partial charge in [0.05, 0.1) is 18.4 Å². The van der Waals surface area contributed by atoms with Gasteiger partial charge in [0.15, 0.2) is 0 Å². The largest absolute Gasteiger partial charge is 0.393 e. The zero-order chi connectivity index (χ0) is 12.7. The van der Waals surface area contributed by atoms with Crippen molar-refractivity contribution in [2.75, 3.05) is 26.4 Å². The minimum atomic E-state index is -2.17. The average Bonchev–Trinajstić information content (AvgIpc) is 3.08. The van der Waals surface area contributed by atoms with Crippen molar-refractivity contribution in [3.63, 3.8) is 0 Å². The van der Waals surface area contributed by atoms with E-state index in [1.807, 2.05) is 13.8 Å². The van der Waals surface area contributed by atoms with Crippen molar-refractivity contribution in [3.8, 4) is 0 Å². The first-order chi connectivity index (χ1) is 8.12. The van der Waals surface area contributed by atoms with Gasteiger partial charge in [-0.05, 0) is 40.2 Å². The van der Waals surface area contributed by atoms with Crippen LogP contribution in [0.3, 0.4) is 0 Å². The van der Waals surface area contributed by atoms with E-state index in [1.165, 1.54) is 0 Å². The van der Waals surface area contributed by atoms with E-state index in [0.29, 0.717) is 19.3 Å². The number of hydrogen-bond acceptors (Lipinski definition) is 4. The number of ether oxygens (including phenoxy) is 2.